The molecular formula is C13H17FN2. The molecule has 1 aromatic rings. The molecule has 3 heteroatoms. The standard InChI is InChI=1S/C13H17FN2/c14-11-3-1-2-4-12(11)16-9-13(10-16)5-7-15-8-6-13/h1-4,15H,5-10H2. The maximum atomic E-state index is 13.6. The normalized spacial score (nSPS) is 23.2. The minimum Gasteiger partial charge on any atom is -0.368 e. The molecule has 2 fully saturated rings. The predicted molar refractivity (Wildman–Crippen MR) is 63.1 cm³/mol. The third-order valence-corrected chi connectivity index (χ3v) is 3.91. The van der Waals surface area contributed by atoms with Gasteiger partial charge in [0, 0.05) is 18.5 Å². The summed E-state index contributed by atoms with van der Waals surface area (Å²) in [7, 11) is 0. The zero-order chi connectivity index (χ0) is 11.0. The van der Waals surface area contributed by atoms with Crippen LogP contribution in [0, 0.1) is 11.2 Å². The summed E-state index contributed by atoms with van der Waals surface area (Å²) in [5.41, 5.74) is 1.24. The average molecular weight is 220 g/mol. The Hall–Kier alpha value is -1.09. The van der Waals surface area contributed by atoms with E-state index in [9.17, 15) is 4.39 Å². The van der Waals surface area contributed by atoms with Crippen molar-refractivity contribution in [3.05, 3.63) is 30.1 Å². The number of nitrogens with one attached hydrogen (secondary N) is 1. The second-order valence-electron chi connectivity index (χ2n) is 5.06. The molecule has 0 aromatic heterocycles. The van der Waals surface area contributed by atoms with E-state index >= 15 is 0 Å². The highest BCUT2D eigenvalue weighted by Gasteiger charge is 2.43. The second-order valence-corrected chi connectivity index (χ2v) is 5.06. The van der Waals surface area contributed by atoms with Crippen LogP contribution in [-0.2, 0) is 0 Å². The molecule has 0 atom stereocenters. The van der Waals surface area contributed by atoms with Gasteiger partial charge in [0.25, 0.3) is 0 Å². The van der Waals surface area contributed by atoms with Crippen LogP contribution in [0.2, 0.25) is 0 Å². The first kappa shape index (κ1) is 10.1. The molecule has 0 amide bonds. The van der Waals surface area contributed by atoms with Crippen molar-refractivity contribution in [1.29, 1.82) is 0 Å². The van der Waals surface area contributed by atoms with E-state index in [4.69, 9.17) is 0 Å². The minimum atomic E-state index is -0.0914. The molecule has 2 aliphatic rings. The number of rotatable bonds is 1. The Morgan fingerprint density at radius 2 is 1.81 bits per heavy atom. The van der Waals surface area contributed by atoms with Crippen molar-refractivity contribution >= 4 is 5.69 Å². The molecule has 16 heavy (non-hydrogen) atoms. The van der Waals surface area contributed by atoms with Crippen molar-refractivity contribution in [3.63, 3.8) is 0 Å². The van der Waals surface area contributed by atoms with E-state index in [-0.39, 0.29) is 5.82 Å². The maximum Gasteiger partial charge on any atom is 0.146 e. The van der Waals surface area contributed by atoms with Gasteiger partial charge in [0.1, 0.15) is 5.82 Å². The van der Waals surface area contributed by atoms with E-state index in [0.29, 0.717) is 5.41 Å². The highest BCUT2D eigenvalue weighted by atomic mass is 19.1. The van der Waals surface area contributed by atoms with Gasteiger partial charge in [-0.1, -0.05) is 12.1 Å². The van der Waals surface area contributed by atoms with E-state index in [1.54, 1.807) is 12.1 Å². The van der Waals surface area contributed by atoms with E-state index in [0.717, 1.165) is 31.9 Å². The van der Waals surface area contributed by atoms with Crippen LogP contribution in [0.25, 0.3) is 0 Å². The molecule has 0 radical (unpaired) electrons. The molecule has 2 nitrogen and oxygen atoms in total. The Labute approximate surface area is 95.4 Å². The summed E-state index contributed by atoms with van der Waals surface area (Å²) in [5.74, 6) is -0.0914. The molecule has 0 aliphatic carbocycles. The SMILES string of the molecule is Fc1ccccc1N1CC2(CCNCC2)C1. The molecule has 2 heterocycles. The summed E-state index contributed by atoms with van der Waals surface area (Å²) < 4.78 is 13.6. The van der Waals surface area contributed by atoms with Crippen molar-refractivity contribution in [3.8, 4) is 0 Å². The number of anilines is 1. The summed E-state index contributed by atoms with van der Waals surface area (Å²) in [6.45, 7) is 4.28. The van der Waals surface area contributed by atoms with Crippen molar-refractivity contribution in [2.75, 3.05) is 31.1 Å². The van der Waals surface area contributed by atoms with Crippen LogP contribution in [0.4, 0.5) is 10.1 Å². The highest BCUT2D eigenvalue weighted by molar-refractivity contribution is 5.51. The Bertz CT molecular complexity index is 377. The van der Waals surface area contributed by atoms with Gasteiger partial charge >= 0.3 is 0 Å². The van der Waals surface area contributed by atoms with Crippen LogP contribution in [0.5, 0.6) is 0 Å². The zero-order valence-electron chi connectivity index (χ0n) is 9.38. The van der Waals surface area contributed by atoms with Crippen LogP contribution in [-0.4, -0.2) is 26.2 Å². The predicted octanol–water partition coefficient (Wildman–Crippen LogP) is 2.02. The van der Waals surface area contributed by atoms with E-state index in [1.807, 2.05) is 12.1 Å². The molecule has 0 unspecified atom stereocenters. The van der Waals surface area contributed by atoms with Gasteiger partial charge in [-0.2, -0.15) is 0 Å². The van der Waals surface area contributed by atoms with Gasteiger partial charge in [0.2, 0.25) is 0 Å². The lowest BCUT2D eigenvalue weighted by Crippen LogP contribution is -2.60. The second kappa shape index (κ2) is 3.74. The van der Waals surface area contributed by atoms with E-state index in [2.05, 4.69) is 10.2 Å². The number of benzene rings is 1. The third-order valence-electron chi connectivity index (χ3n) is 3.91. The van der Waals surface area contributed by atoms with Crippen LogP contribution in [0.15, 0.2) is 24.3 Å². The van der Waals surface area contributed by atoms with Gasteiger partial charge < -0.3 is 10.2 Å². The Kier molecular flexibility index (Phi) is 2.36. The quantitative estimate of drug-likeness (QED) is 0.779. The molecule has 0 saturated carbocycles. The van der Waals surface area contributed by atoms with Crippen LogP contribution < -0.4 is 10.2 Å². The van der Waals surface area contributed by atoms with Gasteiger partial charge in [0.05, 0.1) is 5.69 Å². The molecule has 1 aromatic carbocycles. The number of piperidine rings is 1. The van der Waals surface area contributed by atoms with Crippen LogP contribution in [0.3, 0.4) is 0 Å². The molecule has 2 aliphatic heterocycles. The minimum absolute atomic E-state index is 0.0914. The van der Waals surface area contributed by atoms with Gasteiger partial charge in [-0.15, -0.1) is 0 Å². The molecule has 0 bridgehead atoms. The fourth-order valence-corrected chi connectivity index (χ4v) is 2.92. The molecule has 86 valence electrons. The number of hydrogen-bond donors (Lipinski definition) is 1. The number of para-hydroxylation sites is 1. The summed E-state index contributed by atoms with van der Waals surface area (Å²) >= 11 is 0. The highest BCUT2D eigenvalue weighted by Crippen LogP contribution is 2.41. The van der Waals surface area contributed by atoms with Gasteiger partial charge in [-0.25, -0.2) is 4.39 Å². The third kappa shape index (κ3) is 1.59. The Morgan fingerprint density at radius 3 is 2.50 bits per heavy atom. The lowest BCUT2D eigenvalue weighted by atomic mass is 9.72. The smallest absolute Gasteiger partial charge is 0.146 e. The van der Waals surface area contributed by atoms with E-state index < -0.39 is 0 Å². The van der Waals surface area contributed by atoms with Crippen LogP contribution >= 0.6 is 0 Å². The first-order chi connectivity index (χ1) is 7.79. The van der Waals surface area contributed by atoms with Gasteiger partial charge in [-0.3, -0.25) is 0 Å². The van der Waals surface area contributed by atoms with Crippen molar-refractivity contribution in [2.45, 2.75) is 12.8 Å². The Morgan fingerprint density at radius 1 is 1.12 bits per heavy atom. The maximum absolute atomic E-state index is 13.6. The largest absolute Gasteiger partial charge is 0.368 e. The average Bonchev–Trinajstić information content (AvgIpc) is 2.28. The number of nitrogens with zero attached hydrogens (tertiary/aromatic N) is 1. The summed E-state index contributed by atoms with van der Waals surface area (Å²) in [5, 5.41) is 3.38. The zero-order valence-corrected chi connectivity index (χ0v) is 9.38. The lowest BCUT2D eigenvalue weighted by molar-refractivity contribution is 0.149. The fourth-order valence-electron chi connectivity index (χ4n) is 2.92. The molecule has 3 rings (SSSR count). The Balaban J connectivity index is 1.71. The molecule has 2 saturated heterocycles. The van der Waals surface area contributed by atoms with Crippen LogP contribution in [0.1, 0.15) is 12.8 Å². The molecule has 1 spiro atoms. The first-order valence-corrected chi connectivity index (χ1v) is 5.99. The summed E-state index contributed by atoms with van der Waals surface area (Å²) in [6.07, 6.45) is 2.47. The van der Waals surface area contributed by atoms with Crippen molar-refractivity contribution in [1.82, 2.24) is 5.32 Å². The topological polar surface area (TPSA) is 15.3 Å². The van der Waals surface area contributed by atoms with Crippen molar-refractivity contribution in [2.24, 2.45) is 5.41 Å². The number of halogens is 1. The monoisotopic (exact) mass is 220 g/mol. The fraction of sp³-hybridized carbons (Fsp3) is 0.538. The van der Waals surface area contributed by atoms with Crippen molar-refractivity contribution < 1.29 is 4.39 Å². The summed E-state index contributed by atoms with van der Waals surface area (Å²) in [4.78, 5) is 2.17. The van der Waals surface area contributed by atoms with E-state index in [1.165, 1.54) is 12.8 Å². The van der Waals surface area contributed by atoms with Gasteiger partial charge in [0.15, 0.2) is 0 Å². The molecular weight excluding hydrogens is 203 g/mol. The molecule has 1 N–H and O–H groups in total. The lowest BCUT2D eigenvalue weighted by Gasteiger charge is -2.53. The first-order valence-electron chi connectivity index (χ1n) is 5.99. The number of hydrogen-bond acceptors (Lipinski definition) is 2. The van der Waals surface area contributed by atoms with Gasteiger partial charge in [-0.05, 0) is 38.1 Å². The summed E-state index contributed by atoms with van der Waals surface area (Å²) in [6, 6.07) is 7.08.